The maximum absolute atomic E-state index is 13.5. The van der Waals surface area contributed by atoms with Crippen LogP contribution in [0.3, 0.4) is 0 Å². The van der Waals surface area contributed by atoms with Crippen molar-refractivity contribution in [1.29, 1.82) is 0 Å². The highest BCUT2D eigenvalue weighted by Crippen LogP contribution is 2.32. The number of sulfonamides is 1. The van der Waals surface area contributed by atoms with Gasteiger partial charge in [-0.15, -0.1) is 0 Å². The molecule has 0 bridgehead atoms. The van der Waals surface area contributed by atoms with Crippen LogP contribution in [0.15, 0.2) is 47.4 Å². The molecule has 166 valence electrons. The molecule has 0 aromatic heterocycles. The Morgan fingerprint density at radius 2 is 1.84 bits per heavy atom. The Bertz CT molecular complexity index is 1050. The highest BCUT2D eigenvalue weighted by atomic mass is 32.2. The standard InChI is InChI=1S/C23H30N4O3S/c1-3-26-12-6-9-20(16-26)25-23(28)17-10-11-21(24-2)22(13-17)31(29,30)27-14-18-7-4-5-8-19(18)15-27/h4-5,7-8,10-11,13,20,24H,3,6,9,12,14-16H2,1-2H3,(H,25,28). The summed E-state index contributed by atoms with van der Waals surface area (Å²) in [4.78, 5) is 15.4. The van der Waals surface area contributed by atoms with E-state index in [0.29, 0.717) is 24.3 Å². The summed E-state index contributed by atoms with van der Waals surface area (Å²) in [6.07, 6.45) is 1.99. The lowest BCUT2D eigenvalue weighted by molar-refractivity contribution is 0.0905. The van der Waals surface area contributed by atoms with Gasteiger partial charge < -0.3 is 15.5 Å². The van der Waals surface area contributed by atoms with Gasteiger partial charge in [-0.2, -0.15) is 4.31 Å². The molecule has 0 aliphatic carbocycles. The molecule has 1 atom stereocenters. The third kappa shape index (κ3) is 4.46. The summed E-state index contributed by atoms with van der Waals surface area (Å²) in [5.41, 5.74) is 2.89. The number of nitrogens with one attached hydrogen (secondary N) is 2. The van der Waals surface area contributed by atoms with E-state index < -0.39 is 10.0 Å². The summed E-state index contributed by atoms with van der Waals surface area (Å²) in [6, 6.07) is 12.7. The van der Waals surface area contributed by atoms with Gasteiger partial charge in [0.2, 0.25) is 10.0 Å². The van der Waals surface area contributed by atoms with Gasteiger partial charge in [0.15, 0.2) is 0 Å². The van der Waals surface area contributed by atoms with Crippen molar-refractivity contribution in [3.63, 3.8) is 0 Å². The number of benzene rings is 2. The number of nitrogens with zero attached hydrogens (tertiary/aromatic N) is 2. The van der Waals surface area contributed by atoms with Crippen LogP contribution in [0.5, 0.6) is 0 Å². The number of carbonyl (C=O) groups is 1. The number of rotatable bonds is 6. The number of anilines is 1. The number of hydrogen-bond donors (Lipinski definition) is 2. The summed E-state index contributed by atoms with van der Waals surface area (Å²) < 4.78 is 28.4. The van der Waals surface area contributed by atoms with Crippen LogP contribution in [-0.2, 0) is 23.1 Å². The molecule has 4 rings (SSSR count). The maximum Gasteiger partial charge on any atom is 0.251 e. The van der Waals surface area contributed by atoms with Crippen LogP contribution in [0.2, 0.25) is 0 Å². The molecular weight excluding hydrogens is 412 g/mol. The van der Waals surface area contributed by atoms with Gasteiger partial charge in [-0.25, -0.2) is 8.42 Å². The van der Waals surface area contributed by atoms with Crippen molar-refractivity contribution in [3.8, 4) is 0 Å². The molecule has 2 aliphatic heterocycles. The van der Waals surface area contributed by atoms with Gasteiger partial charge in [0.1, 0.15) is 4.90 Å². The fourth-order valence-electron chi connectivity index (χ4n) is 4.42. The molecule has 2 aliphatic rings. The molecule has 0 spiro atoms. The second kappa shape index (κ2) is 8.98. The van der Waals surface area contributed by atoms with E-state index in [1.807, 2.05) is 24.3 Å². The predicted octanol–water partition coefficient (Wildman–Crippen LogP) is 2.65. The first kappa shape index (κ1) is 21.8. The van der Waals surface area contributed by atoms with E-state index in [4.69, 9.17) is 0 Å². The molecule has 2 aromatic rings. The van der Waals surface area contributed by atoms with Gasteiger partial charge in [-0.1, -0.05) is 31.2 Å². The topological polar surface area (TPSA) is 81.8 Å². The van der Waals surface area contributed by atoms with Crippen molar-refractivity contribution in [1.82, 2.24) is 14.5 Å². The first-order valence-corrected chi connectivity index (χ1v) is 12.3. The summed E-state index contributed by atoms with van der Waals surface area (Å²) >= 11 is 0. The van der Waals surface area contributed by atoms with Crippen molar-refractivity contribution >= 4 is 21.6 Å². The number of fused-ring (bicyclic) bond motifs is 1. The Labute approximate surface area is 184 Å². The third-order valence-electron chi connectivity index (χ3n) is 6.23. The second-order valence-corrected chi connectivity index (χ2v) is 10.1. The Hall–Kier alpha value is -2.42. The largest absolute Gasteiger partial charge is 0.387 e. The molecule has 1 saturated heterocycles. The van der Waals surface area contributed by atoms with Crippen LogP contribution in [0.1, 0.15) is 41.3 Å². The lowest BCUT2D eigenvalue weighted by Gasteiger charge is -2.32. The summed E-state index contributed by atoms with van der Waals surface area (Å²) in [5, 5.41) is 6.05. The zero-order valence-electron chi connectivity index (χ0n) is 18.1. The van der Waals surface area contributed by atoms with Crippen molar-refractivity contribution in [2.45, 2.75) is 43.8 Å². The van der Waals surface area contributed by atoms with Gasteiger partial charge in [0, 0.05) is 38.3 Å². The van der Waals surface area contributed by atoms with Crippen LogP contribution in [0.25, 0.3) is 0 Å². The summed E-state index contributed by atoms with van der Waals surface area (Å²) in [7, 11) is -2.08. The van der Waals surface area contributed by atoms with Gasteiger partial charge in [0.25, 0.3) is 5.91 Å². The highest BCUT2D eigenvalue weighted by Gasteiger charge is 2.32. The molecule has 7 nitrogen and oxygen atoms in total. The molecule has 2 aromatic carbocycles. The summed E-state index contributed by atoms with van der Waals surface area (Å²) in [5.74, 6) is -0.230. The van der Waals surface area contributed by atoms with E-state index in [-0.39, 0.29) is 16.8 Å². The number of amides is 1. The minimum absolute atomic E-state index is 0.0818. The minimum Gasteiger partial charge on any atom is -0.387 e. The fourth-order valence-corrected chi connectivity index (χ4v) is 6.04. The molecular formula is C23H30N4O3S. The van der Waals surface area contributed by atoms with E-state index in [1.165, 1.54) is 10.4 Å². The average Bonchev–Trinajstić information content (AvgIpc) is 3.24. The molecule has 0 radical (unpaired) electrons. The lowest BCUT2D eigenvalue weighted by Crippen LogP contribution is -2.47. The molecule has 2 heterocycles. The first-order valence-electron chi connectivity index (χ1n) is 10.8. The molecule has 1 fully saturated rings. The van der Waals surface area contributed by atoms with Crippen LogP contribution < -0.4 is 10.6 Å². The first-order chi connectivity index (χ1) is 14.9. The number of piperidine rings is 1. The van der Waals surface area contributed by atoms with E-state index in [0.717, 1.165) is 43.6 Å². The lowest BCUT2D eigenvalue weighted by atomic mass is 10.0. The van der Waals surface area contributed by atoms with E-state index in [1.54, 1.807) is 19.2 Å². The number of hydrogen-bond acceptors (Lipinski definition) is 5. The zero-order chi connectivity index (χ0) is 22.0. The van der Waals surface area contributed by atoms with Crippen molar-refractivity contribution in [3.05, 3.63) is 59.2 Å². The highest BCUT2D eigenvalue weighted by molar-refractivity contribution is 7.89. The van der Waals surface area contributed by atoms with Gasteiger partial charge in [-0.05, 0) is 55.3 Å². The van der Waals surface area contributed by atoms with Crippen LogP contribution >= 0.6 is 0 Å². The van der Waals surface area contributed by atoms with E-state index >= 15 is 0 Å². The van der Waals surface area contributed by atoms with Crippen LogP contribution in [0.4, 0.5) is 5.69 Å². The zero-order valence-corrected chi connectivity index (χ0v) is 18.9. The number of likely N-dealkylation sites (N-methyl/N-ethyl adjacent to an activating group) is 1. The molecule has 8 heteroatoms. The van der Waals surface area contributed by atoms with Gasteiger partial charge in [-0.3, -0.25) is 4.79 Å². The van der Waals surface area contributed by atoms with E-state index in [9.17, 15) is 13.2 Å². The normalized spacial score (nSPS) is 19.7. The minimum atomic E-state index is -3.77. The second-order valence-electron chi connectivity index (χ2n) is 8.21. The quantitative estimate of drug-likeness (QED) is 0.719. The third-order valence-corrected chi connectivity index (χ3v) is 8.06. The van der Waals surface area contributed by atoms with Crippen LogP contribution in [-0.4, -0.2) is 56.3 Å². The smallest absolute Gasteiger partial charge is 0.251 e. The van der Waals surface area contributed by atoms with Gasteiger partial charge in [0.05, 0.1) is 5.69 Å². The SMILES string of the molecule is CCN1CCCC(NC(=O)c2ccc(NC)c(S(=O)(=O)N3Cc4ccccc4C3)c2)C1. The molecule has 1 amide bonds. The number of likely N-dealkylation sites (tertiary alicyclic amines) is 1. The van der Waals surface area contributed by atoms with Crippen molar-refractivity contribution < 1.29 is 13.2 Å². The Balaban J connectivity index is 1.57. The average molecular weight is 443 g/mol. The summed E-state index contributed by atoms with van der Waals surface area (Å²) in [6.45, 7) is 5.65. The van der Waals surface area contributed by atoms with Gasteiger partial charge >= 0.3 is 0 Å². The van der Waals surface area contributed by atoms with E-state index in [2.05, 4.69) is 22.5 Å². The Kier molecular flexibility index (Phi) is 6.31. The molecule has 0 saturated carbocycles. The Morgan fingerprint density at radius 1 is 1.13 bits per heavy atom. The van der Waals surface area contributed by atoms with Crippen molar-refractivity contribution in [2.75, 3.05) is 32.0 Å². The molecule has 2 N–H and O–H groups in total. The number of carbonyl (C=O) groups excluding carboxylic acids is 1. The monoisotopic (exact) mass is 442 g/mol. The van der Waals surface area contributed by atoms with Crippen molar-refractivity contribution in [2.24, 2.45) is 0 Å². The Morgan fingerprint density at radius 3 is 2.48 bits per heavy atom. The predicted molar refractivity (Wildman–Crippen MR) is 121 cm³/mol. The molecule has 1 unspecified atom stereocenters. The van der Waals surface area contributed by atoms with Crippen LogP contribution in [0, 0.1) is 0 Å². The molecule has 31 heavy (non-hydrogen) atoms. The fraction of sp³-hybridized carbons (Fsp3) is 0.435. The maximum atomic E-state index is 13.5.